The predicted octanol–water partition coefficient (Wildman–Crippen LogP) is 4.07. The fraction of sp³-hybridized carbons (Fsp3) is 0.500. The number of unbranched alkanes of at least 4 members (excludes halogenated alkanes) is 3. The van der Waals surface area contributed by atoms with Crippen LogP contribution in [-0.2, 0) is 0 Å². The topological polar surface area (TPSA) is 29.1 Å². The van der Waals surface area contributed by atoms with Crippen molar-refractivity contribution >= 4 is 21.8 Å². The molecule has 1 rings (SSSR count). The summed E-state index contributed by atoms with van der Waals surface area (Å²) in [7, 11) is 0. The molecule has 0 unspecified atom stereocenters. The molecule has 17 heavy (non-hydrogen) atoms. The molecule has 1 N–H and O–H groups in total. The fourth-order valence-electron chi connectivity index (χ4n) is 1.66. The molecule has 0 spiro atoms. The number of carbonyl (C=O) groups is 1. The molecule has 0 heterocycles. The van der Waals surface area contributed by atoms with Crippen LogP contribution in [0.25, 0.3) is 0 Å². The molecule has 1 aromatic rings. The van der Waals surface area contributed by atoms with Crippen LogP contribution in [0.3, 0.4) is 0 Å². The lowest BCUT2D eigenvalue weighted by Crippen LogP contribution is -2.24. The molecule has 2 nitrogen and oxygen atoms in total. The number of carbonyl (C=O) groups excluding carboxylic acids is 1. The summed E-state index contributed by atoms with van der Waals surface area (Å²) < 4.78 is 0.856. The molecule has 3 heteroatoms. The van der Waals surface area contributed by atoms with E-state index in [9.17, 15) is 4.79 Å². The maximum atomic E-state index is 11.9. The lowest BCUT2D eigenvalue weighted by molar-refractivity contribution is 0.0952. The maximum absolute atomic E-state index is 11.9. The monoisotopic (exact) mass is 297 g/mol. The first-order valence-electron chi connectivity index (χ1n) is 6.19. The average molecular weight is 298 g/mol. The van der Waals surface area contributed by atoms with Gasteiger partial charge in [-0.25, -0.2) is 0 Å². The first kappa shape index (κ1) is 14.2. The Bertz CT molecular complexity index is 376. The van der Waals surface area contributed by atoms with Crippen LogP contribution in [-0.4, -0.2) is 12.5 Å². The van der Waals surface area contributed by atoms with Gasteiger partial charge in [-0.15, -0.1) is 0 Å². The van der Waals surface area contributed by atoms with Crippen LogP contribution < -0.4 is 5.32 Å². The van der Waals surface area contributed by atoms with Crippen LogP contribution in [0.5, 0.6) is 0 Å². The van der Waals surface area contributed by atoms with Crippen molar-refractivity contribution < 1.29 is 4.79 Å². The zero-order valence-electron chi connectivity index (χ0n) is 10.6. The molecule has 0 radical (unpaired) electrons. The van der Waals surface area contributed by atoms with Gasteiger partial charge in [0.05, 0.1) is 5.56 Å². The van der Waals surface area contributed by atoms with E-state index in [4.69, 9.17) is 0 Å². The fourth-order valence-corrected chi connectivity index (χ4v) is 2.09. The molecule has 0 saturated carbocycles. The second kappa shape index (κ2) is 7.49. The van der Waals surface area contributed by atoms with Crippen molar-refractivity contribution in [3.05, 3.63) is 33.8 Å². The molecule has 0 saturated heterocycles. The van der Waals surface area contributed by atoms with Gasteiger partial charge in [-0.3, -0.25) is 4.79 Å². The molecule has 94 valence electrons. The van der Waals surface area contributed by atoms with Crippen molar-refractivity contribution in [3.63, 3.8) is 0 Å². The Labute approximate surface area is 112 Å². The normalized spacial score (nSPS) is 10.3. The van der Waals surface area contributed by atoms with E-state index in [1.54, 1.807) is 0 Å². The van der Waals surface area contributed by atoms with Crippen LogP contribution in [0.15, 0.2) is 22.7 Å². The standard InChI is InChI=1S/C14H20BrNO/c1-3-4-5-6-9-16-14(17)12-10-11(2)7-8-13(12)15/h7-8,10H,3-6,9H2,1-2H3,(H,16,17). The molecule has 0 aromatic heterocycles. The Morgan fingerprint density at radius 1 is 1.29 bits per heavy atom. The number of nitrogens with one attached hydrogen (secondary N) is 1. The third kappa shape index (κ3) is 4.90. The second-order valence-corrected chi connectivity index (χ2v) is 5.15. The van der Waals surface area contributed by atoms with Gasteiger partial charge in [0.1, 0.15) is 0 Å². The number of rotatable bonds is 6. The van der Waals surface area contributed by atoms with E-state index >= 15 is 0 Å². The average Bonchev–Trinajstić information content (AvgIpc) is 2.32. The van der Waals surface area contributed by atoms with Crippen LogP contribution in [0.4, 0.5) is 0 Å². The minimum Gasteiger partial charge on any atom is -0.352 e. The van der Waals surface area contributed by atoms with E-state index in [2.05, 4.69) is 28.2 Å². The molecule has 0 atom stereocenters. The zero-order chi connectivity index (χ0) is 12.7. The quantitative estimate of drug-likeness (QED) is 0.788. The van der Waals surface area contributed by atoms with Crippen LogP contribution in [0.2, 0.25) is 0 Å². The van der Waals surface area contributed by atoms with Gasteiger partial charge in [0, 0.05) is 11.0 Å². The van der Waals surface area contributed by atoms with Crippen LogP contribution >= 0.6 is 15.9 Å². The SMILES string of the molecule is CCCCCCNC(=O)c1cc(C)ccc1Br. The number of hydrogen-bond donors (Lipinski definition) is 1. The molecule has 0 aliphatic carbocycles. The highest BCUT2D eigenvalue weighted by molar-refractivity contribution is 9.10. The van der Waals surface area contributed by atoms with E-state index in [0.717, 1.165) is 28.6 Å². The van der Waals surface area contributed by atoms with Gasteiger partial charge in [0.25, 0.3) is 5.91 Å². The second-order valence-electron chi connectivity index (χ2n) is 4.30. The summed E-state index contributed by atoms with van der Waals surface area (Å²) in [5, 5.41) is 2.96. The van der Waals surface area contributed by atoms with Crippen LogP contribution in [0.1, 0.15) is 48.5 Å². The Kier molecular flexibility index (Phi) is 6.27. The molecule has 0 aliphatic heterocycles. The highest BCUT2D eigenvalue weighted by atomic mass is 79.9. The van der Waals surface area contributed by atoms with Crippen molar-refractivity contribution in [1.82, 2.24) is 5.32 Å². The molecule has 1 amide bonds. The summed E-state index contributed by atoms with van der Waals surface area (Å²) in [6.45, 7) is 4.94. The van der Waals surface area contributed by atoms with Gasteiger partial charge < -0.3 is 5.32 Å². The van der Waals surface area contributed by atoms with Gasteiger partial charge in [-0.05, 0) is 41.4 Å². The molecule has 0 bridgehead atoms. The summed E-state index contributed by atoms with van der Waals surface area (Å²) >= 11 is 3.40. The van der Waals surface area contributed by atoms with E-state index < -0.39 is 0 Å². The largest absolute Gasteiger partial charge is 0.352 e. The molecule has 0 fully saturated rings. The van der Waals surface area contributed by atoms with Crippen molar-refractivity contribution in [3.8, 4) is 0 Å². The number of halogens is 1. The Balaban J connectivity index is 2.44. The summed E-state index contributed by atoms with van der Waals surface area (Å²) in [6, 6.07) is 5.81. The minimum absolute atomic E-state index is 0.0112. The first-order valence-corrected chi connectivity index (χ1v) is 6.98. The number of hydrogen-bond acceptors (Lipinski definition) is 1. The van der Waals surface area contributed by atoms with E-state index in [0.29, 0.717) is 0 Å². The number of aryl methyl sites for hydroxylation is 1. The lowest BCUT2D eigenvalue weighted by Gasteiger charge is -2.07. The van der Waals surface area contributed by atoms with Crippen LogP contribution in [0, 0.1) is 6.92 Å². The Hall–Kier alpha value is -0.830. The predicted molar refractivity (Wildman–Crippen MR) is 75.4 cm³/mol. The molecule has 1 aromatic carbocycles. The lowest BCUT2D eigenvalue weighted by atomic mass is 10.1. The smallest absolute Gasteiger partial charge is 0.252 e. The van der Waals surface area contributed by atoms with E-state index in [1.807, 2.05) is 25.1 Å². The summed E-state index contributed by atoms with van der Waals surface area (Å²) in [5.41, 5.74) is 1.82. The first-order chi connectivity index (χ1) is 8.15. The van der Waals surface area contributed by atoms with E-state index in [1.165, 1.54) is 19.3 Å². The highest BCUT2D eigenvalue weighted by Crippen LogP contribution is 2.17. The number of amides is 1. The Morgan fingerprint density at radius 2 is 2.06 bits per heavy atom. The Morgan fingerprint density at radius 3 is 2.76 bits per heavy atom. The molecular formula is C14H20BrNO. The van der Waals surface area contributed by atoms with Crippen molar-refractivity contribution in [2.75, 3.05) is 6.54 Å². The van der Waals surface area contributed by atoms with Crippen molar-refractivity contribution in [1.29, 1.82) is 0 Å². The van der Waals surface area contributed by atoms with Gasteiger partial charge in [-0.1, -0.05) is 37.8 Å². The molecule has 0 aliphatic rings. The molecular weight excluding hydrogens is 278 g/mol. The highest BCUT2D eigenvalue weighted by Gasteiger charge is 2.08. The van der Waals surface area contributed by atoms with E-state index in [-0.39, 0.29) is 5.91 Å². The summed E-state index contributed by atoms with van der Waals surface area (Å²) in [4.78, 5) is 11.9. The van der Waals surface area contributed by atoms with Crippen molar-refractivity contribution in [2.24, 2.45) is 0 Å². The third-order valence-corrected chi connectivity index (χ3v) is 3.37. The number of benzene rings is 1. The van der Waals surface area contributed by atoms with Gasteiger partial charge in [0.2, 0.25) is 0 Å². The van der Waals surface area contributed by atoms with Gasteiger partial charge in [0.15, 0.2) is 0 Å². The van der Waals surface area contributed by atoms with Gasteiger partial charge >= 0.3 is 0 Å². The summed E-state index contributed by atoms with van der Waals surface area (Å²) in [5.74, 6) is 0.0112. The third-order valence-electron chi connectivity index (χ3n) is 2.68. The minimum atomic E-state index is 0.0112. The maximum Gasteiger partial charge on any atom is 0.252 e. The summed E-state index contributed by atoms with van der Waals surface area (Å²) in [6.07, 6.45) is 4.70. The zero-order valence-corrected chi connectivity index (χ0v) is 12.1. The van der Waals surface area contributed by atoms with Crippen molar-refractivity contribution in [2.45, 2.75) is 39.5 Å². The van der Waals surface area contributed by atoms with Gasteiger partial charge in [-0.2, -0.15) is 0 Å².